The van der Waals surface area contributed by atoms with Gasteiger partial charge in [0.15, 0.2) is 10.8 Å². The fourth-order valence-electron chi connectivity index (χ4n) is 1.65. The fourth-order valence-corrected chi connectivity index (χ4v) is 3.15. The lowest BCUT2D eigenvalue weighted by molar-refractivity contribution is -0.117. The molecule has 0 saturated carbocycles. The van der Waals surface area contributed by atoms with Crippen molar-refractivity contribution in [1.82, 2.24) is 4.98 Å². The van der Waals surface area contributed by atoms with Crippen LogP contribution in [0.1, 0.15) is 23.8 Å². The fraction of sp³-hybridized carbons (Fsp3) is 0.500. The molecule has 18 heavy (non-hydrogen) atoms. The molecule has 8 heteroatoms. The van der Waals surface area contributed by atoms with Crippen molar-refractivity contribution in [3.8, 4) is 0 Å². The minimum absolute atomic E-state index is 0.0702. The molecule has 0 aliphatic carbocycles. The molecule has 6 nitrogen and oxygen atoms in total. The lowest BCUT2D eigenvalue weighted by Crippen LogP contribution is -2.27. The number of thiazole rings is 1. The van der Waals surface area contributed by atoms with Crippen molar-refractivity contribution in [3.05, 3.63) is 9.48 Å². The van der Waals surface area contributed by atoms with E-state index in [1.165, 1.54) is 16.2 Å². The van der Waals surface area contributed by atoms with Gasteiger partial charge >= 0.3 is 5.97 Å². The summed E-state index contributed by atoms with van der Waals surface area (Å²) in [6, 6.07) is -0.175. The number of hydrogen-bond donors (Lipinski definition) is 1. The Morgan fingerprint density at radius 1 is 1.72 bits per heavy atom. The maximum absolute atomic E-state index is 11.7. The van der Waals surface area contributed by atoms with Crippen LogP contribution in [-0.4, -0.2) is 36.1 Å². The molecule has 0 spiro atoms. The molecule has 98 valence electrons. The molecule has 0 bridgehead atoms. The molecule has 1 saturated heterocycles. The van der Waals surface area contributed by atoms with Gasteiger partial charge in [-0.3, -0.25) is 9.69 Å². The lowest BCUT2D eigenvalue weighted by Gasteiger charge is -2.10. The molecule has 2 N–H and O–H groups in total. The Hall–Kier alpha value is -0.990. The zero-order chi connectivity index (χ0) is 13.3. The third-order valence-corrected chi connectivity index (χ3v) is 4.16. The van der Waals surface area contributed by atoms with Gasteiger partial charge in [-0.05, 0) is 22.9 Å². The zero-order valence-electron chi connectivity index (χ0n) is 9.68. The highest BCUT2D eigenvalue weighted by molar-refractivity contribution is 9.11. The monoisotopic (exact) mass is 333 g/mol. The average molecular weight is 334 g/mol. The Balaban J connectivity index is 2.23. The average Bonchev–Trinajstić information content (AvgIpc) is 2.82. The molecular weight excluding hydrogens is 322 g/mol. The molecule has 1 aromatic rings. The minimum Gasteiger partial charge on any atom is -0.461 e. The highest BCUT2D eigenvalue weighted by Gasteiger charge is 2.31. The molecular formula is C10H12BrN3O3S. The molecule has 1 fully saturated rings. The van der Waals surface area contributed by atoms with Crippen molar-refractivity contribution < 1.29 is 14.3 Å². The van der Waals surface area contributed by atoms with Gasteiger partial charge in [0.2, 0.25) is 5.91 Å². The van der Waals surface area contributed by atoms with Gasteiger partial charge in [0.25, 0.3) is 0 Å². The second-order valence-corrected chi connectivity index (χ2v) is 6.10. The van der Waals surface area contributed by atoms with Crippen LogP contribution < -0.4 is 10.6 Å². The van der Waals surface area contributed by atoms with Crippen LogP contribution in [-0.2, 0) is 9.53 Å². The molecule has 1 aliphatic heterocycles. The summed E-state index contributed by atoms with van der Waals surface area (Å²) in [4.78, 5) is 28.9. The number of aromatic nitrogens is 1. The second kappa shape index (κ2) is 5.33. The van der Waals surface area contributed by atoms with Crippen molar-refractivity contribution in [2.45, 2.75) is 19.4 Å². The van der Waals surface area contributed by atoms with Gasteiger partial charge in [0.05, 0.1) is 6.61 Å². The van der Waals surface area contributed by atoms with Crippen molar-refractivity contribution >= 4 is 44.3 Å². The number of amides is 1. The van der Waals surface area contributed by atoms with Crippen molar-refractivity contribution in [2.24, 2.45) is 5.73 Å². The first-order valence-electron chi connectivity index (χ1n) is 5.42. The van der Waals surface area contributed by atoms with E-state index in [2.05, 4.69) is 20.9 Å². The zero-order valence-corrected chi connectivity index (χ0v) is 12.1. The molecule has 2 heterocycles. The van der Waals surface area contributed by atoms with E-state index in [0.29, 0.717) is 21.9 Å². The summed E-state index contributed by atoms with van der Waals surface area (Å²) < 4.78 is 5.44. The summed E-state index contributed by atoms with van der Waals surface area (Å²) in [6.45, 7) is 2.44. The molecule has 1 atom stereocenters. The van der Waals surface area contributed by atoms with Crippen LogP contribution in [0.2, 0.25) is 0 Å². The van der Waals surface area contributed by atoms with Crippen LogP contribution in [0.3, 0.4) is 0 Å². The highest BCUT2D eigenvalue weighted by Crippen LogP contribution is 2.33. The quantitative estimate of drug-likeness (QED) is 0.838. The third kappa shape index (κ3) is 2.55. The number of nitrogens with zero attached hydrogens (tertiary/aromatic N) is 2. The summed E-state index contributed by atoms with van der Waals surface area (Å²) in [6.07, 6.45) is 0.311. The molecule has 1 unspecified atom stereocenters. The predicted octanol–water partition coefficient (Wildman–Crippen LogP) is 1.15. The van der Waals surface area contributed by atoms with Gasteiger partial charge in [0.1, 0.15) is 3.79 Å². The first-order valence-corrected chi connectivity index (χ1v) is 7.03. The number of anilines is 1. The van der Waals surface area contributed by atoms with Gasteiger partial charge in [-0.1, -0.05) is 11.3 Å². The molecule has 1 aromatic heterocycles. The van der Waals surface area contributed by atoms with Crippen molar-refractivity contribution in [3.63, 3.8) is 0 Å². The maximum atomic E-state index is 11.7. The molecule has 1 amide bonds. The number of halogens is 1. The second-order valence-electron chi connectivity index (χ2n) is 3.81. The predicted molar refractivity (Wildman–Crippen MR) is 70.7 cm³/mol. The first-order chi connectivity index (χ1) is 8.52. The number of nitrogens with two attached hydrogens (primary N) is 1. The molecule has 0 radical (unpaired) electrons. The Bertz CT molecular complexity index is 491. The normalized spacial score (nSPS) is 19.4. The van der Waals surface area contributed by atoms with Gasteiger partial charge < -0.3 is 10.5 Å². The van der Waals surface area contributed by atoms with Gasteiger partial charge in [0, 0.05) is 19.0 Å². The van der Waals surface area contributed by atoms with E-state index in [4.69, 9.17) is 10.5 Å². The van der Waals surface area contributed by atoms with Crippen molar-refractivity contribution in [1.29, 1.82) is 0 Å². The summed E-state index contributed by atoms with van der Waals surface area (Å²) in [7, 11) is 0. The maximum Gasteiger partial charge on any atom is 0.359 e. The number of carbonyl (C=O) groups is 2. The summed E-state index contributed by atoms with van der Waals surface area (Å²) in [5.74, 6) is -0.568. The van der Waals surface area contributed by atoms with Crippen LogP contribution in [0.4, 0.5) is 5.13 Å². The topological polar surface area (TPSA) is 85.5 Å². The van der Waals surface area contributed by atoms with Crippen LogP contribution in [0.5, 0.6) is 0 Å². The molecule has 1 aliphatic rings. The number of ether oxygens (including phenoxy) is 1. The molecule has 0 aromatic carbocycles. The SMILES string of the molecule is CCOC(=O)c1nc(N2CC(N)CC2=O)sc1Br. The Morgan fingerprint density at radius 3 is 3.00 bits per heavy atom. The van der Waals surface area contributed by atoms with Crippen LogP contribution in [0, 0.1) is 0 Å². The smallest absolute Gasteiger partial charge is 0.359 e. The van der Waals surface area contributed by atoms with Crippen molar-refractivity contribution in [2.75, 3.05) is 18.1 Å². The number of rotatable bonds is 3. The Morgan fingerprint density at radius 2 is 2.44 bits per heavy atom. The largest absolute Gasteiger partial charge is 0.461 e. The number of hydrogen-bond acceptors (Lipinski definition) is 6. The van der Waals surface area contributed by atoms with E-state index in [0.717, 1.165) is 0 Å². The van der Waals surface area contributed by atoms with Crippen LogP contribution in [0.25, 0.3) is 0 Å². The van der Waals surface area contributed by atoms with Crippen LogP contribution in [0.15, 0.2) is 3.79 Å². The van der Waals surface area contributed by atoms with Gasteiger partial charge in [-0.2, -0.15) is 0 Å². The summed E-state index contributed by atoms with van der Waals surface area (Å²) >= 11 is 4.48. The minimum atomic E-state index is -0.497. The van der Waals surface area contributed by atoms with Gasteiger partial charge in [-0.15, -0.1) is 0 Å². The third-order valence-electron chi connectivity index (χ3n) is 2.43. The lowest BCUT2D eigenvalue weighted by atomic mass is 10.3. The number of carbonyl (C=O) groups excluding carboxylic acids is 2. The highest BCUT2D eigenvalue weighted by atomic mass is 79.9. The van der Waals surface area contributed by atoms with Gasteiger partial charge in [-0.25, -0.2) is 9.78 Å². The standard InChI is InChI=1S/C10H12BrN3O3S/c1-2-17-9(16)7-8(11)18-10(13-7)14-4-5(12)3-6(14)15/h5H,2-4,12H2,1H3. The first kappa shape index (κ1) is 13.4. The summed E-state index contributed by atoms with van der Waals surface area (Å²) in [5, 5.41) is 0.475. The molecule has 2 rings (SSSR count). The Labute approximate surface area is 116 Å². The summed E-state index contributed by atoms with van der Waals surface area (Å²) in [5.41, 5.74) is 5.92. The van der Waals surface area contributed by atoms with E-state index in [-0.39, 0.29) is 24.2 Å². The Kier molecular flexibility index (Phi) is 3.98. The van der Waals surface area contributed by atoms with E-state index in [1.807, 2.05) is 0 Å². The van der Waals surface area contributed by atoms with Crippen LogP contribution >= 0.6 is 27.3 Å². The van der Waals surface area contributed by atoms with E-state index >= 15 is 0 Å². The van der Waals surface area contributed by atoms with E-state index < -0.39 is 5.97 Å². The van der Waals surface area contributed by atoms with E-state index in [1.54, 1.807) is 6.92 Å². The number of esters is 1. The van der Waals surface area contributed by atoms with E-state index in [9.17, 15) is 9.59 Å².